The largest absolute Gasteiger partial charge is 0.508 e. The predicted molar refractivity (Wildman–Crippen MR) is 59.2 cm³/mol. The number of rotatable bonds is 3. The predicted octanol–water partition coefficient (Wildman–Crippen LogP) is 1.98. The van der Waals surface area contributed by atoms with Gasteiger partial charge in [0.1, 0.15) is 11.4 Å². The highest BCUT2D eigenvalue weighted by molar-refractivity contribution is 9.10. The van der Waals surface area contributed by atoms with Gasteiger partial charge in [0.25, 0.3) is 0 Å². The minimum absolute atomic E-state index is 0.189. The summed E-state index contributed by atoms with van der Waals surface area (Å²) in [6.07, 6.45) is 0. The van der Waals surface area contributed by atoms with Crippen LogP contribution in [0.1, 0.15) is 12.5 Å². The Morgan fingerprint density at radius 1 is 1.57 bits per heavy atom. The normalized spacial score (nSPS) is 15.1. The van der Waals surface area contributed by atoms with Gasteiger partial charge in [-0.05, 0) is 19.1 Å². The van der Waals surface area contributed by atoms with Crippen LogP contribution in [0.5, 0.6) is 5.75 Å². The second-order valence-corrected chi connectivity index (χ2v) is 4.22. The molecule has 1 unspecified atom stereocenters. The second kappa shape index (κ2) is 4.29. The third-order valence-corrected chi connectivity index (χ3v) is 2.86. The summed E-state index contributed by atoms with van der Waals surface area (Å²) in [4.78, 5) is 0. The van der Waals surface area contributed by atoms with Crippen molar-refractivity contribution in [3.8, 4) is 5.75 Å². The molecule has 3 N–H and O–H groups in total. The van der Waals surface area contributed by atoms with Gasteiger partial charge in [-0.15, -0.1) is 0 Å². The van der Waals surface area contributed by atoms with Crippen molar-refractivity contribution in [2.75, 3.05) is 13.7 Å². The standard InChI is InChI=1S/C10H14BrNO2/c1-10(6-12,14-2)8-4-3-7(11)5-9(8)13/h3-5,13H,6,12H2,1-2H3. The van der Waals surface area contributed by atoms with E-state index >= 15 is 0 Å². The van der Waals surface area contributed by atoms with Crippen LogP contribution < -0.4 is 5.73 Å². The van der Waals surface area contributed by atoms with E-state index in [1.165, 1.54) is 0 Å². The average molecular weight is 260 g/mol. The van der Waals surface area contributed by atoms with E-state index in [4.69, 9.17) is 10.5 Å². The number of phenolic OH excluding ortho intramolecular Hbond substituents is 1. The van der Waals surface area contributed by atoms with E-state index < -0.39 is 5.60 Å². The Morgan fingerprint density at radius 2 is 2.21 bits per heavy atom. The molecule has 0 aliphatic rings. The third-order valence-electron chi connectivity index (χ3n) is 2.37. The molecule has 0 heterocycles. The van der Waals surface area contributed by atoms with Crippen LogP contribution in [-0.4, -0.2) is 18.8 Å². The minimum atomic E-state index is -0.634. The lowest BCUT2D eigenvalue weighted by atomic mass is 9.95. The molecular formula is C10H14BrNO2. The number of halogens is 1. The van der Waals surface area contributed by atoms with Crippen molar-refractivity contribution in [3.05, 3.63) is 28.2 Å². The zero-order valence-electron chi connectivity index (χ0n) is 8.25. The molecule has 4 heteroatoms. The first-order valence-electron chi connectivity index (χ1n) is 4.27. The van der Waals surface area contributed by atoms with Gasteiger partial charge in [-0.2, -0.15) is 0 Å². The van der Waals surface area contributed by atoms with Gasteiger partial charge in [0.05, 0.1) is 0 Å². The number of phenols is 1. The maximum Gasteiger partial charge on any atom is 0.122 e. The number of hydrogen-bond acceptors (Lipinski definition) is 3. The van der Waals surface area contributed by atoms with Crippen LogP contribution in [0, 0.1) is 0 Å². The molecule has 1 rings (SSSR count). The van der Waals surface area contributed by atoms with E-state index in [0.29, 0.717) is 12.1 Å². The van der Waals surface area contributed by atoms with Crippen molar-refractivity contribution in [2.45, 2.75) is 12.5 Å². The minimum Gasteiger partial charge on any atom is -0.508 e. The molecule has 0 fully saturated rings. The Balaban J connectivity index is 3.17. The Bertz CT molecular complexity index is 324. The van der Waals surface area contributed by atoms with Gasteiger partial charge in [0.15, 0.2) is 0 Å². The molecule has 0 saturated carbocycles. The van der Waals surface area contributed by atoms with Gasteiger partial charge >= 0.3 is 0 Å². The van der Waals surface area contributed by atoms with E-state index in [-0.39, 0.29) is 5.75 Å². The zero-order valence-corrected chi connectivity index (χ0v) is 9.84. The van der Waals surface area contributed by atoms with E-state index in [0.717, 1.165) is 4.47 Å². The number of benzene rings is 1. The van der Waals surface area contributed by atoms with Crippen molar-refractivity contribution in [3.63, 3.8) is 0 Å². The molecule has 14 heavy (non-hydrogen) atoms. The first kappa shape index (κ1) is 11.5. The molecule has 0 amide bonds. The Kier molecular flexibility index (Phi) is 3.53. The van der Waals surface area contributed by atoms with Gasteiger partial charge in [0.2, 0.25) is 0 Å². The highest BCUT2D eigenvalue weighted by Crippen LogP contribution is 2.32. The molecule has 0 radical (unpaired) electrons. The summed E-state index contributed by atoms with van der Waals surface area (Å²) in [5.74, 6) is 0.189. The van der Waals surface area contributed by atoms with Crippen LogP contribution >= 0.6 is 15.9 Å². The molecule has 0 aliphatic carbocycles. The summed E-state index contributed by atoms with van der Waals surface area (Å²) in [5.41, 5.74) is 5.67. The quantitative estimate of drug-likeness (QED) is 0.873. The molecule has 0 saturated heterocycles. The molecule has 1 atom stereocenters. The number of nitrogens with two attached hydrogens (primary N) is 1. The highest BCUT2D eigenvalue weighted by atomic mass is 79.9. The maximum absolute atomic E-state index is 9.72. The molecule has 1 aromatic rings. The summed E-state index contributed by atoms with van der Waals surface area (Å²) in [6, 6.07) is 5.28. The zero-order chi connectivity index (χ0) is 10.8. The number of methoxy groups -OCH3 is 1. The Labute approximate surface area is 92.0 Å². The second-order valence-electron chi connectivity index (χ2n) is 3.30. The van der Waals surface area contributed by atoms with Gasteiger partial charge in [-0.1, -0.05) is 22.0 Å². The monoisotopic (exact) mass is 259 g/mol. The van der Waals surface area contributed by atoms with E-state index in [9.17, 15) is 5.11 Å². The molecular weight excluding hydrogens is 246 g/mol. The van der Waals surface area contributed by atoms with Crippen LogP contribution in [-0.2, 0) is 10.3 Å². The molecule has 0 bridgehead atoms. The van der Waals surface area contributed by atoms with Crippen LogP contribution in [0.4, 0.5) is 0 Å². The summed E-state index contributed by atoms with van der Waals surface area (Å²) < 4.78 is 6.12. The molecule has 3 nitrogen and oxygen atoms in total. The average Bonchev–Trinajstić information content (AvgIpc) is 2.17. The lowest BCUT2D eigenvalue weighted by Gasteiger charge is -2.27. The molecule has 1 aromatic carbocycles. The van der Waals surface area contributed by atoms with Crippen LogP contribution in [0.25, 0.3) is 0 Å². The van der Waals surface area contributed by atoms with Gasteiger partial charge in [-0.3, -0.25) is 0 Å². The molecule has 0 aromatic heterocycles. The van der Waals surface area contributed by atoms with E-state index in [2.05, 4.69) is 15.9 Å². The first-order valence-corrected chi connectivity index (χ1v) is 5.07. The van der Waals surface area contributed by atoms with Gasteiger partial charge < -0.3 is 15.6 Å². The van der Waals surface area contributed by atoms with Crippen LogP contribution in [0.2, 0.25) is 0 Å². The Morgan fingerprint density at radius 3 is 2.64 bits per heavy atom. The lowest BCUT2D eigenvalue weighted by molar-refractivity contribution is 0.00826. The van der Waals surface area contributed by atoms with Gasteiger partial charge in [-0.25, -0.2) is 0 Å². The van der Waals surface area contributed by atoms with Crippen LogP contribution in [0.3, 0.4) is 0 Å². The fourth-order valence-corrected chi connectivity index (χ4v) is 1.60. The summed E-state index contributed by atoms with van der Waals surface area (Å²) in [6.45, 7) is 2.16. The maximum atomic E-state index is 9.72. The lowest BCUT2D eigenvalue weighted by Crippen LogP contribution is -2.33. The summed E-state index contributed by atoms with van der Waals surface area (Å²) in [7, 11) is 1.58. The molecule has 0 aliphatic heterocycles. The van der Waals surface area contributed by atoms with Crippen molar-refractivity contribution >= 4 is 15.9 Å². The van der Waals surface area contributed by atoms with E-state index in [1.54, 1.807) is 19.2 Å². The fourth-order valence-electron chi connectivity index (χ4n) is 1.26. The topological polar surface area (TPSA) is 55.5 Å². The third kappa shape index (κ3) is 2.08. The first-order chi connectivity index (χ1) is 6.53. The molecule has 0 spiro atoms. The van der Waals surface area contributed by atoms with E-state index in [1.807, 2.05) is 13.0 Å². The number of hydrogen-bond donors (Lipinski definition) is 2. The van der Waals surface area contributed by atoms with Crippen molar-refractivity contribution in [2.24, 2.45) is 5.73 Å². The number of ether oxygens (including phenoxy) is 1. The van der Waals surface area contributed by atoms with Crippen molar-refractivity contribution in [1.82, 2.24) is 0 Å². The smallest absolute Gasteiger partial charge is 0.122 e. The summed E-state index contributed by atoms with van der Waals surface area (Å²) >= 11 is 3.27. The van der Waals surface area contributed by atoms with Crippen LogP contribution in [0.15, 0.2) is 22.7 Å². The SMILES string of the molecule is COC(C)(CN)c1ccc(Br)cc1O. The fraction of sp³-hybridized carbons (Fsp3) is 0.400. The van der Waals surface area contributed by atoms with Gasteiger partial charge in [0, 0.05) is 23.7 Å². The van der Waals surface area contributed by atoms with Crippen molar-refractivity contribution < 1.29 is 9.84 Å². The Hall–Kier alpha value is -0.580. The number of aromatic hydroxyl groups is 1. The van der Waals surface area contributed by atoms with Crippen molar-refractivity contribution in [1.29, 1.82) is 0 Å². The molecule has 78 valence electrons. The summed E-state index contributed by atoms with van der Waals surface area (Å²) in [5, 5.41) is 9.72. The highest BCUT2D eigenvalue weighted by Gasteiger charge is 2.27.